The third-order valence-electron chi connectivity index (χ3n) is 6.94. The van der Waals surface area contributed by atoms with E-state index in [1.807, 2.05) is 18.2 Å². The van der Waals surface area contributed by atoms with Crippen molar-refractivity contribution >= 4 is 0 Å². The molecule has 40 heavy (non-hydrogen) atoms. The van der Waals surface area contributed by atoms with E-state index in [-0.39, 0.29) is 0 Å². The molecule has 1 atom stereocenters. The van der Waals surface area contributed by atoms with Gasteiger partial charge in [-0.2, -0.15) is 0 Å². The molecule has 7 heteroatoms. The minimum atomic E-state index is 0.433. The summed E-state index contributed by atoms with van der Waals surface area (Å²) in [6, 6.07) is 19.3. The molecule has 0 aliphatic rings. The zero-order valence-electron chi connectivity index (χ0n) is 25.2. The lowest BCUT2D eigenvalue weighted by Crippen LogP contribution is -2.41. The molecule has 2 aromatic carbocycles. The van der Waals surface area contributed by atoms with E-state index in [1.165, 1.54) is 43.2 Å². The summed E-state index contributed by atoms with van der Waals surface area (Å²) in [6.45, 7) is 13.3. The highest BCUT2D eigenvalue weighted by Gasteiger charge is 2.09. The van der Waals surface area contributed by atoms with Crippen molar-refractivity contribution in [2.24, 2.45) is 5.73 Å². The van der Waals surface area contributed by atoms with Crippen LogP contribution in [0.1, 0.15) is 63.0 Å². The molecule has 0 aliphatic heterocycles. The van der Waals surface area contributed by atoms with Crippen LogP contribution in [0.3, 0.4) is 0 Å². The number of benzene rings is 2. The fraction of sp³-hybridized carbons (Fsp3) is 0.636. The van der Waals surface area contributed by atoms with Gasteiger partial charge in [-0.15, -0.1) is 0 Å². The van der Waals surface area contributed by atoms with Crippen LogP contribution in [-0.2, 0) is 13.0 Å². The van der Waals surface area contributed by atoms with Crippen LogP contribution in [-0.4, -0.2) is 71.5 Å². The topological polar surface area (TPSA) is 95.4 Å². The third-order valence-corrected chi connectivity index (χ3v) is 6.94. The van der Waals surface area contributed by atoms with Crippen molar-refractivity contribution in [1.29, 1.82) is 0 Å². The Labute approximate surface area is 244 Å². The van der Waals surface area contributed by atoms with Gasteiger partial charge in [0.25, 0.3) is 0 Å². The van der Waals surface area contributed by atoms with E-state index in [4.69, 9.17) is 10.5 Å². The van der Waals surface area contributed by atoms with Gasteiger partial charge in [-0.1, -0.05) is 55.8 Å². The van der Waals surface area contributed by atoms with Gasteiger partial charge in [0.15, 0.2) is 0 Å². The first-order chi connectivity index (χ1) is 19.8. The first kappa shape index (κ1) is 34.2. The SMILES string of the molecule is CCCCN[C@H](CNCCCNCCCNCCCNCCCCN)Cc1ccc(OCc2ccccc2)cc1. The van der Waals surface area contributed by atoms with Crippen LogP contribution in [0.4, 0.5) is 0 Å². The number of hydrogen-bond donors (Lipinski definition) is 6. The highest BCUT2D eigenvalue weighted by Crippen LogP contribution is 2.15. The maximum absolute atomic E-state index is 5.96. The molecule has 0 heterocycles. The molecule has 0 radical (unpaired) electrons. The lowest BCUT2D eigenvalue weighted by Gasteiger charge is -2.20. The summed E-state index contributed by atoms with van der Waals surface area (Å²) >= 11 is 0. The molecule has 0 fully saturated rings. The number of rotatable bonds is 27. The molecular formula is C33H58N6O. The Kier molecular flexibility index (Phi) is 21.2. The Morgan fingerprint density at radius 3 is 1.82 bits per heavy atom. The van der Waals surface area contributed by atoms with Crippen LogP contribution in [0.5, 0.6) is 5.75 Å². The predicted molar refractivity (Wildman–Crippen MR) is 171 cm³/mol. The molecule has 0 saturated carbocycles. The minimum Gasteiger partial charge on any atom is -0.489 e. The van der Waals surface area contributed by atoms with Crippen LogP contribution in [0, 0.1) is 0 Å². The Morgan fingerprint density at radius 2 is 1.23 bits per heavy atom. The van der Waals surface area contributed by atoms with Gasteiger partial charge in [0.05, 0.1) is 0 Å². The van der Waals surface area contributed by atoms with Gasteiger partial charge >= 0.3 is 0 Å². The van der Waals surface area contributed by atoms with E-state index in [1.54, 1.807) is 0 Å². The number of unbranched alkanes of at least 4 members (excludes halogenated alkanes) is 2. The van der Waals surface area contributed by atoms with Crippen molar-refractivity contribution in [3.63, 3.8) is 0 Å². The number of ether oxygens (including phenoxy) is 1. The second-order valence-corrected chi connectivity index (χ2v) is 10.6. The molecule has 2 rings (SSSR count). The van der Waals surface area contributed by atoms with Gasteiger partial charge in [0.2, 0.25) is 0 Å². The Bertz CT molecular complexity index is 804. The van der Waals surface area contributed by atoms with Gasteiger partial charge in [-0.25, -0.2) is 0 Å². The van der Waals surface area contributed by atoms with Gasteiger partial charge in [0, 0.05) is 12.6 Å². The van der Waals surface area contributed by atoms with Crippen molar-refractivity contribution in [2.45, 2.75) is 70.9 Å². The molecule has 2 aromatic rings. The van der Waals surface area contributed by atoms with Crippen molar-refractivity contribution in [3.8, 4) is 5.75 Å². The summed E-state index contributed by atoms with van der Waals surface area (Å²) in [4.78, 5) is 0. The van der Waals surface area contributed by atoms with E-state index < -0.39 is 0 Å². The zero-order valence-corrected chi connectivity index (χ0v) is 25.2. The fourth-order valence-electron chi connectivity index (χ4n) is 4.51. The number of nitrogens with one attached hydrogen (secondary N) is 5. The Hall–Kier alpha value is -2.00. The van der Waals surface area contributed by atoms with Gasteiger partial charge in [-0.3, -0.25) is 0 Å². The highest BCUT2D eigenvalue weighted by atomic mass is 16.5. The quantitative estimate of drug-likeness (QED) is 0.0935. The van der Waals surface area contributed by atoms with Crippen molar-refractivity contribution in [3.05, 3.63) is 65.7 Å². The molecule has 0 saturated heterocycles. The first-order valence-electron chi connectivity index (χ1n) is 15.8. The first-order valence-corrected chi connectivity index (χ1v) is 15.8. The van der Waals surface area contributed by atoms with Crippen LogP contribution in [0.25, 0.3) is 0 Å². The average Bonchev–Trinajstić information content (AvgIpc) is 2.99. The Balaban J connectivity index is 1.50. The summed E-state index contributed by atoms with van der Waals surface area (Å²) in [6.07, 6.45) is 9.27. The molecule has 226 valence electrons. The second kappa shape index (κ2) is 24.8. The highest BCUT2D eigenvalue weighted by molar-refractivity contribution is 5.28. The normalized spacial score (nSPS) is 12.1. The van der Waals surface area contributed by atoms with Crippen molar-refractivity contribution in [1.82, 2.24) is 26.6 Å². The summed E-state index contributed by atoms with van der Waals surface area (Å²) in [5.41, 5.74) is 8.05. The molecule has 0 aromatic heterocycles. The van der Waals surface area contributed by atoms with E-state index in [0.717, 1.165) is 90.5 Å². The number of hydrogen-bond acceptors (Lipinski definition) is 7. The fourth-order valence-corrected chi connectivity index (χ4v) is 4.51. The van der Waals surface area contributed by atoms with E-state index in [0.29, 0.717) is 12.6 Å². The predicted octanol–water partition coefficient (Wildman–Crippen LogP) is 3.83. The molecule has 7 N–H and O–H groups in total. The maximum Gasteiger partial charge on any atom is 0.119 e. The molecular weight excluding hydrogens is 496 g/mol. The van der Waals surface area contributed by atoms with Gasteiger partial charge in [0.1, 0.15) is 12.4 Å². The molecule has 0 amide bonds. The van der Waals surface area contributed by atoms with Crippen molar-refractivity contribution in [2.75, 3.05) is 65.4 Å². The number of nitrogens with two attached hydrogens (primary N) is 1. The van der Waals surface area contributed by atoms with Gasteiger partial charge < -0.3 is 37.1 Å². The van der Waals surface area contributed by atoms with Crippen LogP contribution in [0.15, 0.2) is 54.6 Å². The minimum absolute atomic E-state index is 0.433. The van der Waals surface area contributed by atoms with Gasteiger partial charge in [-0.05, 0) is 127 Å². The van der Waals surface area contributed by atoms with Crippen LogP contribution < -0.4 is 37.1 Å². The maximum atomic E-state index is 5.96. The summed E-state index contributed by atoms with van der Waals surface area (Å²) < 4.78 is 5.96. The standard InChI is InChI=1S/C33H58N6O/c1-2-3-26-39-32(27-30-14-16-33(17-15-30)40-29-31-12-5-4-6-13-31)28-38-25-11-24-37-23-10-22-36-21-9-20-35-19-8-7-18-34/h4-6,12-17,32,35-39H,2-3,7-11,18-29,34H2,1H3/t32-/m0/s1. The van der Waals surface area contributed by atoms with E-state index in [9.17, 15) is 0 Å². The molecule has 0 bridgehead atoms. The molecule has 0 aliphatic carbocycles. The third kappa shape index (κ3) is 18.4. The van der Waals surface area contributed by atoms with E-state index >= 15 is 0 Å². The lowest BCUT2D eigenvalue weighted by molar-refractivity contribution is 0.306. The lowest BCUT2D eigenvalue weighted by atomic mass is 10.1. The van der Waals surface area contributed by atoms with Crippen molar-refractivity contribution < 1.29 is 4.74 Å². The summed E-state index contributed by atoms with van der Waals surface area (Å²) in [5.74, 6) is 0.923. The average molecular weight is 555 g/mol. The zero-order chi connectivity index (χ0) is 28.4. The second-order valence-electron chi connectivity index (χ2n) is 10.6. The summed E-state index contributed by atoms with van der Waals surface area (Å²) in [7, 11) is 0. The smallest absolute Gasteiger partial charge is 0.119 e. The Morgan fingerprint density at radius 1 is 0.625 bits per heavy atom. The van der Waals surface area contributed by atoms with E-state index in [2.05, 4.69) is 69.9 Å². The summed E-state index contributed by atoms with van der Waals surface area (Å²) in [5, 5.41) is 18.0. The van der Waals surface area contributed by atoms with Crippen LogP contribution >= 0.6 is 0 Å². The largest absolute Gasteiger partial charge is 0.489 e. The monoisotopic (exact) mass is 554 g/mol. The molecule has 0 spiro atoms. The molecule has 7 nitrogen and oxygen atoms in total. The van der Waals surface area contributed by atoms with Crippen LogP contribution in [0.2, 0.25) is 0 Å². The molecule has 0 unspecified atom stereocenters.